The number of nitrogens with zero attached hydrogens (tertiary/aromatic N) is 2. The van der Waals surface area contributed by atoms with Crippen LogP contribution in [0.4, 0.5) is 17.1 Å². The zero-order valence-electron chi connectivity index (χ0n) is 18.5. The Bertz CT molecular complexity index is 1130. The number of benzene rings is 2. The Labute approximate surface area is 188 Å². The second-order valence-electron chi connectivity index (χ2n) is 7.51. The molecule has 0 radical (unpaired) electrons. The summed E-state index contributed by atoms with van der Waals surface area (Å²) in [5, 5.41) is 2.73. The quantitative estimate of drug-likeness (QED) is 0.648. The molecule has 0 atom stereocenters. The standard InChI is InChI=1S/C22H27N3O6S/c1-15-7-8-16(12-19(15)24-11-5-6-22(24)27)23-21(26)14-25(32(4,28)29)18-10-9-17(30-2)13-20(18)31-3/h7-10,12-13H,5-6,11,14H2,1-4H3,(H,23,26). The van der Waals surface area contributed by atoms with Crippen molar-refractivity contribution in [3.05, 3.63) is 42.0 Å². The van der Waals surface area contributed by atoms with Crippen molar-refractivity contribution in [1.82, 2.24) is 0 Å². The topological polar surface area (TPSA) is 105 Å². The molecule has 0 aromatic heterocycles. The van der Waals surface area contributed by atoms with Crippen LogP contribution in [0.3, 0.4) is 0 Å². The molecule has 1 heterocycles. The maximum Gasteiger partial charge on any atom is 0.245 e. The van der Waals surface area contributed by atoms with Crippen LogP contribution in [-0.4, -0.2) is 53.8 Å². The van der Waals surface area contributed by atoms with Gasteiger partial charge in [-0.05, 0) is 43.2 Å². The molecule has 0 saturated carbocycles. The van der Waals surface area contributed by atoms with E-state index in [1.807, 2.05) is 13.0 Å². The number of ether oxygens (including phenoxy) is 2. The number of rotatable bonds is 8. The van der Waals surface area contributed by atoms with Crippen LogP contribution in [-0.2, 0) is 19.6 Å². The highest BCUT2D eigenvalue weighted by molar-refractivity contribution is 7.92. The second kappa shape index (κ2) is 9.47. The maximum atomic E-state index is 12.8. The van der Waals surface area contributed by atoms with Gasteiger partial charge in [0.15, 0.2) is 0 Å². The first kappa shape index (κ1) is 23.4. The molecule has 0 unspecified atom stereocenters. The minimum Gasteiger partial charge on any atom is -0.497 e. The summed E-state index contributed by atoms with van der Waals surface area (Å²) >= 11 is 0. The molecule has 172 valence electrons. The molecule has 1 aliphatic heterocycles. The van der Waals surface area contributed by atoms with E-state index in [-0.39, 0.29) is 17.3 Å². The van der Waals surface area contributed by atoms with E-state index in [0.717, 1.165) is 28.2 Å². The van der Waals surface area contributed by atoms with Crippen molar-refractivity contribution >= 4 is 38.9 Å². The van der Waals surface area contributed by atoms with Crippen LogP contribution in [0.2, 0.25) is 0 Å². The monoisotopic (exact) mass is 461 g/mol. The molecule has 0 bridgehead atoms. The smallest absolute Gasteiger partial charge is 0.245 e. The Hall–Kier alpha value is -3.27. The van der Waals surface area contributed by atoms with Crippen molar-refractivity contribution < 1.29 is 27.5 Å². The van der Waals surface area contributed by atoms with E-state index in [4.69, 9.17) is 9.47 Å². The molecule has 32 heavy (non-hydrogen) atoms. The van der Waals surface area contributed by atoms with Crippen LogP contribution >= 0.6 is 0 Å². The Morgan fingerprint density at radius 3 is 2.50 bits per heavy atom. The number of nitrogens with one attached hydrogen (secondary N) is 1. The van der Waals surface area contributed by atoms with Gasteiger partial charge in [0, 0.05) is 30.4 Å². The summed E-state index contributed by atoms with van der Waals surface area (Å²) in [6, 6.07) is 9.93. The van der Waals surface area contributed by atoms with Crippen LogP contribution in [0, 0.1) is 6.92 Å². The Balaban J connectivity index is 1.84. The fourth-order valence-electron chi connectivity index (χ4n) is 3.58. The van der Waals surface area contributed by atoms with E-state index in [1.54, 1.807) is 29.2 Å². The van der Waals surface area contributed by atoms with Crippen molar-refractivity contribution in [2.24, 2.45) is 0 Å². The Morgan fingerprint density at radius 2 is 1.91 bits per heavy atom. The van der Waals surface area contributed by atoms with E-state index < -0.39 is 22.5 Å². The predicted molar refractivity (Wildman–Crippen MR) is 123 cm³/mol. The highest BCUT2D eigenvalue weighted by Crippen LogP contribution is 2.34. The zero-order valence-corrected chi connectivity index (χ0v) is 19.4. The first-order chi connectivity index (χ1) is 15.1. The molecule has 2 aromatic carbocycles. The minimum absolute atomic E-state index is 0.0476. The van der Waals surface area contributed by atoms with E-state index in [9.17, 15) is 18.0 Å². The lowest BCUT2D eigenvalue weighted by atomic mass is 10.1. The van der Waals surface area contributed by atoms with E-state index in [0.29, 0.717) is 24.4 Å². The summed E-state index contributed by atoms with van der Waals surface area (Å²) in [7, 11) is -0.897. The number of hydrogen-bond acceptors (Lipinski definition) is 6. The van der Waals surface area contributed by atoms with Gasteiger partial charge >= 0.3 is 0 Å². The third kappa shape index (κ3) is 5.13. The van der Waals surface area contributed by atoms with Gasteiger partial charge in [-0.1, -0.05) is 6.07 Å². The van der Waals surface area contributed by atoms with Crippen LogP contribution in [0.1, 0.15) is 18.4 Å². The molecular weight excluding hydrogens is 434 g/mol. The minimum atomic E-state index is -3.79. The highest BCUT2D eigenvalue weighted by atomic mass is 32.2. The number of amides is 2. The normalized spacial score (nSPS) is 13.8. The average molecular weight is 462 g/mol. The van der Waals surface area contributed by atoms with Crippen molar-refractivity contribution in [2.75, 3.05) is 48.1 Å². The summed E-state index contributed by atoms with van der Waals surface area (Å²) in [6.07, 6.45) is 2.32. The lowest BCUT2D eigenvalue weighted by molar-refractivity contribution is -0.117. The Morgan fingerprint density at radius 1 is 1.16 bits per heavy atom. The van der Waals surface area contributed by atoms with Crippen molar-refractivity contribution in [2.45, 2.75) is 19.8 Å². The first-order valence-corrected chi connectivity index (χ1v) is 11.9. The third-order valence-corrected chi connectivity index (χ3v) is 6.33. The number of carbonyl (C=O) groups is 2. The highest BCUT2D eigenvalue weighted by Gasteiger charge is 2.26. The molecule has 3 rings (SSSR count). The van der Waals surface area contributed by atoms with E-state index in [1.165, 1.54) is 20.3 Å². The predicted octanol–water partition coefficient (Wildman–Crippen LogP) is 2.54. The van der Waals surface area contributed by atoms with Crippen LogP contribution < -0.4 is 24.0 Å². The van der Waals surface area contributed by atoms with Crippen molar-refractivity contribution in [1.29, 1.82) is 0 Å². The summed E-state index contributed by atoms with van der Waals surface area (Å²) in [5.74, 6) is 0.266. The molecule has 2 aromatic rings. The number of anilines is 3. The summed E-state index contributed by atoms with van der Waals surface area (Å²) in [6.45, 7) is 2.08. The van der Waals surface area contributed by atoms with Crippen LogP contribution in [0.25, 0.3) is 0 Å². The molecular formula is C22H27N3O6S. The largest absolute Gasteiger partial charge is 0.497 e. The average Bonchev–Trinajstić information content (AvgIpc) is 3.17. The SMILES string of the molecule is COc1ccc(N(CC(=O)Nc2ccc(C)c(N3CCCC3=O)c2)S(C)(=O)=O)c(OC)c1. The number of sulfonamides is 1. The molecule has 0 spiro atoms. The summed E-state index contributed by atoms with van der Waals surface area (Å²) < 4.78 is 36.4. The van der Waals surface area contributed by atoms with E-state index in [2.05, 4.69) is 5.32 Å². The lowest BCUT2D eigenvalue weighted by Crippen LogP contribution is -2.37. The van der Waals surface area contributed by atoms with Crippen LogP contribution in [0.5, 0.6) is 11.5 Å². The number of methoxy groups -OCH3 is 2. The van der Waals surface area contributed by atoms with Gasteiger partial charge in [0.25, 0.3) is 0 Å². The summed E-state index contributed by atoms with van der Waals surface area (Å²) in [4.78, 5) is 26.6. The zero-order chi connectivity index (χ0) is 23.5. The number of aryl methyl sites for hydroxylation is 1. The van der Waals surface area contributed by atoms with Gasteiger partial charge in [0.05, 0.1) is 26.2 Å². The molecule has 0 aliphatic carbocycles. The second-order valence-corrected chi connectivity index (χ2v) is 9.41. The third-order valence-electron chi connectivity index (χ3n) is 5.20. The fourth-order valence-corrected chi connectivity index (χ4v) is 4.44. The van der Waals surface area contributed by atoms with Gasteiger partial charge in [-0.15, -0.1) is 0 Å². The fraction of sp³-hybridized carbons (Fsp3) is 0.364. The van der Waals surface area contributed by atoms with Crippen molar-refractivity contribution in [3.63, 3.8) is 0 Å². The van der Waals surface area contributed by atoms with Gasteiger partial charge in [0.1, 0.15) is 18.0 Å². The molecule has 1 fully saturated rings. The van der Waals surface area contributed by atoms with E-state index >= 15 is 0 Å². The van der Waals surface area contributed by atoms with Crippen LogP contribution in [0.15, 0.2) is 36.4 Å². The first-order valence-electron chi connectivity index (χ1n) is 10.0. The summed E-state index contributed by atoms with van der Waals surface area (Å²) in [5.41, 5.74) is 2.35. The van der Waals surface area contributed by atoms with Gasteiger partial charge < -0.3 is 19.7 Å². The number of carbonyl (C=O) groups excluding carboxylic acids is 2. The number of hydrogen-bond donors (Lipinski definition) is 1. The van der Waals surface area contributed by atoms with Gasteiger partial charge in [-0.3, -0.25) is 13.9 Å². The van der Waals surface area contributed by atoms with Crippen molar-refractivity contribution in [3.8, 4) is 11.5 Å². The van der Waals surface area contributed by atoms with Gasteiger partial charge in [-0.25, -0.2) is 8.42 Å². The molecule has 10 heteroatoms. The molecule has 1 saturated heterocycles. The molecule has 1 aliphatic rings. The molecule has 1 N–H and O–H groups in total. The van der Waals surface area contributed by atoms with Gasteiger partial charge in [-0.2, -0.15) is 0 Å². The Kier molecular flexibility index (Phi) is 6.93. The van der Waals surface area contributed by atoms with Gasteiger partial charge in [0.2, 0.25) is 21.8 Å². The lowest BCUT2D eigenvalue weighted by Gasteiger charge is -2.24. The molecule has 9 nitrogen and oxygen atoms in total. The molecule has 2 amide bonds. The maximum absolute atomic E-state index is 12.8.